The Morgan fingerprint density at radius 1 is 1.14 bits per heavy atom. The highest BCUT2D eigenvalue weighted by Gasteiger charge is 2.04. The molecule has 0 aliphatic carbocycles. The van der Waals surface area contributed by atoms with Gasteiger partial charge in [0.25, 0.3) is 0 Å². The first-order valence-electron chi connectivity index (χ1n) is 6.26. The Morgan fingerprint density at radius 3 is 2.62 bits per heavy atom. The van der Waals surface area contributed by atoms with E-state index in [1.807, 2.05) is 23.6 Å². The zero-order valence-corrected chi connectivity index (χ0v) is 11.8. The van der Waals surface area contributed by atoms with E-state index in [4.69, 9.17) is 5.73 Å². The minimum absolute atomic E-state index is 0.447. The lowest BCUT2D eigenvalue weighted by atomic mass is 10.2. The number of carbonyl (C=O) groups excluding carboxylic acids is 1. The summed E-state index contributed by atoms with van der Waals surface area (Å²) >= 11 is 1.63. The molecule has 0 saturated heterocycles. The molecule has 0 radical (unpaired) electrons. The first kappa shape index (κ1) is 13.3. The summed E-state index contributed by atoms with van der Waals surface area (Å²) in [4.78, 5) is 20.8. The predicted molar refractivity (Wildman–Crippen MR) is 83.6 cm³/mol. The number of carbonyl (C=O) groups is 1. The molecule has 1 amide bonds. The van der Waals surface area contributed by atoms with E-state index in [0.29, 0.717) is 11.5 Å². The topological polar surface area (TPSA) is 80.9 Å². The maximum absolute atomic E-state index is 11.0. The quantitative estimate of drug-likeness (QED) is 0.775. The number of benzene rings is 1. The SMILES string of the molecule is NC(=O)c1ccc(Nc2nccc(-c3cccs3)n2)cc1. The molecule has 0 atom stereocenters. The van der Waals surface area contributed by atoms with Crippen molar-refractivity contribution in [2.75, 3.05) is 5.32 Å². The van der Waals surface area contributed by atoms with Gasteiger partial charge in [0, 0.05) is 17.4 Å². The standard InChI is InChI=1S/C15H12N4OS/c16-14(20)10-3-5-11(6-4-10)18-15-17-8-7-12(19-15)13-2-1-9-21-13/h1-9H,(H2,16,20)(H,17,18,19). The van der Waals surface area contributed by atoms with Gasteiger partial charge in [-0.2, -0.15) is 0 Å². The minimum Gasteiger partial charge on any atom is -0.366 e. The molecule has 0 spiro atoms. The van der Waals surface area contributed by atoms with Crippen LogP contribution >= 0.6 is 11.3 Å². The number of hydrogen-bond acceptors (Lipinski definition) is 5. The molecule has 3 aromatic rings. The van der Waals surface area contributed by atoms with E-state index >= 15 is 0 Å². The van der Waals surface area contributed by atoms with Crippen LogP contribution in [0.5, 0.6) is 0 Å². The number of nitrogens with one attached hydrogen (secondary N) is 1. The van der Waals surface area contributed by atoms with Crippen LogP contribution in [0.25, 0.3) is 10.6 Å². The van der Waals surface area contributed by atoms with E-state index in [-0.39, 0.29) is 0 Å². The highest BCUT2D eigenvalue weighted by molar-refractivity contribution is 7.13. The number of primary amides is 1. The summed E-state index contributed by atoms with van der Waals surface area (Å²) in [6.07, 6.45) is 1.71. The molecule has 0 aliphatic heterocycles. The molecule has 21 heavy (non-hydrogen) atoms. The van der Waals surface area contributed by atoms with Gasteiger partial charge in [-0.15, -0.1) is 11.3 Å². The number of rotatable bonds is 4. The van der Waals surface area contributed by atoms with Crippen molar-refractivity contribution in [3.63, 3.8) is 0 Å². The Bertz CT molecular complexity index is 754. The van der Waals surface area contributed by atoms with Gasteiger partial charge in [0.1, 0.15) is 0 Å². The molecular weight excluding hydrogens is 284 g/mol. The molecule has 104 valence electrons. The van der Waals surface area contributed by atoms with Crippen molar-refractivity contribution in [2.45, 2.75) is 0 Å². The van der Waals surface area contributed by atoms with Crippen LogP contribution in [0, 0.1) is 0 Å². The van der Waals surface area contributed by atoms with Crippen molar-refractivity contribution in [1.29, 1.82) is 0 Å². The first-order chi connectivity index (χ1) is 10.2. The number of aromatic nitrogens is 2. The van der Waals surface area contributed by atoms with E-state index in [9.17, 15) is 4.79 Å². The average Bonchev–Trinajstić information content (AvgIpc) is 3.02. The Morgan fingerprint density at radius 2 is 1.95 bits per heavy atom. The normalized spacial score (nSPS) is 10.3. The molecule has 5 nitrogen and oxygen atoms in total. The highest BCUT2D eigenvalue weighted by Crippen LogP contribution is 2.23. The summed E-state index contributed by atoms with van der Waals surface area (Å²) in [6, 6.07) is 12.7. The van der Waals surface area contributed by atoms with Gasteiger partial charge in [0.05, 0.1) is 10.6 Å². The number of amides is 1. The summed E-state index contributed by atoms with van der Waals surface area (Å²) in [5, 5.41) is 5.11. The fourth-order valence-corrected chi connectivity index (χ4v) is 2.52. The predicted octanol–water partition coefficient (Wildman–Crippen LogP) is 3.05. The van der Waals surface area contributed by atoms with E-state index in [0.717, 1.165) is 16.3 Å². The van der Waals surface area contributed by atoms with Crippen LogP contribution in [0.2, 0.25) is 0 Å². The van der Waals surface area contributed by atoms with Gasteiger partial charge in [0.2, 0.25) is 11.9 Å². The third-order valence-corrected chi connectivity index (χ3v) is 3.75. The van der Waals surface area contributed by atoms with E-state index in [1.165, 1.54) is 0 Å². The maximum Gasteiger partial charge on any atom is 0.248 e. The largest absolute Gasteiger partial charge is 0.366 e. The third kappa shape index (κ3) is 3.06. The smallest absolute Gasteiger partial charge is 0.248 e. The Kier molecular flexibility index (Phi) is 3.61. The van der Waals surface area contributed by atoms with Crippen molar-refractivity contribution >= 4 is 28.9 Å². The summed E-state index contributed by atoms with van der Waals surface area (Å²) in [5.41, 5.74) is 7.34. The van der Waals surface area contributed by atoms with Gasteiger partial charge >= 0.3 is 0 Å². The summed E-state index contributed by atoms with van der Waals surface area (Å²) < 4.78 is 0. The van der Waals surface area contributed by atoms with E-state index in [1.54, 1.807) is 41.8 Å². The number of hydrogen-bond donors (Lipinski definition) is 2. The maximum atomic E-state index is 11.0. The molecule has 1 aromatic carbocycles. The van der Waals surface area contributed by atoms with Crippen molar-refractivity contribution in [2.24, 2.45) is 5.73 Å². The van der Waals surface area contributed by atoms with Gasteiger partial charge in [-0.05, 0) is 41.8 Å². The van der Waals surface area contributed by atoms with Crippen LogP contribution < -0.4 is 11.1 Å². The number of nitrogens with two attached hydrogens (primary N) is 1. The second-order valence-corrected chi connectivity index (χ2v) is 5.26. The Balaban J connectivity index is 1.81. The van der Waals surface area contributed by atoms with Gasteiger partial charge in [-0.1, -0.05) is 6.07 Å². The number of anilines is 2. The van der Waals surface area contributed by atoms with Gasteiger partial charge in [-0.3, -0.25) is 4.79 Å². The molecule has 6 heteroatoms. The molecule has 0 unspecified atom stereocenters. The second kappa shape index (κ2) is 5.72. The first-order valence-corrected chi connectivity index (χ1v) is 7.14. The van der Waals surface area contributed by atoms with Gasteiger partial charge in [0.15, 0.2) is 0 Å². The van der Waals surface area contributed by atoms with Crippen LogP contribution in [0.3, 0.4) is 0 Å². The molecule has 2 aromatic heterocycles. The van der Waals surface area contributed by atoms with E-state index in [2.05, 4.69) is 15.3 Å². The van der Waals surface area contributed by atoms with E-state index < -0.39 is 5.91 Å². The van der Waals surface area contributed by atoms with Crippen LogP contribution in [0.1, 0.15) is 10.4 Å². The van der Waals surface area contributed by atoms with Crippen LogP contribution in [0.15, 0.2) is 54.0 Å². The van der Waals surface area contributed by atoms with Crippen LogP contribution in [-0.4, -0.2) is 15.9 Å². The molecule has 3 rings (SSSR count). The average molecular weight is 296 g/mol. The minimum atomic E-state index is -0.447. The molecule has 3 N–H and O–H groups in total. The van der Waals surface area contributed by atoms with Crippen molar-refractivity contribution in [3.05, 3.63) is 59.6 Å². The zero-order chi connectivity index (χ0) is 14.7. The van der Waals surface area contributed by atoms with Crippen molar-refractivity contribution < 1.29 is 4.79 Å². The Hall–Kier alpha value is -2.73. The van der Waals surface area contributed by atoms with Crippen molar-refractivity contribution in [1.82, 2.24) is 9.97 Å². The molecule has 0 fully saturated rings. The van der Waals surface area contributed by atoms with Gasteiger partial charge in [-0.25, -0.2) is 9.97 Å². The number of thiophene rings is 1. The molecular formula is C15H12N4OS. The zero-order valence-electron chi connectivity index (χ0n) is 11.0. The monoisotopic (exact) mass is 296 g/mol. The van der Waals surface area contributed by atoms with Crippen LogP contribution in [-0.2, 0) is 0 Å². The molecule has 2 heterocycles. The molecule has 0 bridgehead atoms. The summed E-state index contributed by atoms with van der Waals surface area (Å²) in [7, 11) is 0. The lowest BCUT2D eigenvalue weighted by molar-refractivity contribution is 0.100. The fraction of sp³-hybridized carbons (Fsp3) is 0. The fourth-order valence-electron chi connectivity index (χ4n) is 1.83. The highest BCUT2D eigenvalue weighted by atomic mass is 32.1. The lowest BCUT2D eigenvalue weighted by Crippen LogP contribution is -2.10. The van der Waals surface area contributed by atoms with Crippen LogP contribution in [0.4, 0.5) is 11.6 Å². The summed E-state index contributed by atoms with van der Waals surface area (Å²) in [5.74, 6) is 0.0604. The third-order valence-electron chi connectivity index (χ3n) is 2.85. The van der Waals surface area contributed by atoms with Gasteiger partial charge < -0.3 is 11.1 Å². The second-order valence-electron chi connectivity index (χ2n) is 4.31. The number of nitrogens with zero attached hydrogens (tertiary/aromatic N) is 2. The summed E-state index contributed by atoms with van der Waals surface area (Å²) in [6.45, 7) is 0. The molecule has 0 aliphatic rings. The Labute approximate surface area is 125 Å². The van der Waals surface area contributed by atoms with Crippen molar-refractivity contribution in [3.8, 4) is 10.6 Å². The molecule has 0 saturated carbocycles. The lowest BCUT2D eigenvalue weighted by Gasteiger charge is -2.06.